The highest BCUT2D eigenvalue weighted by Crippen LogP contribution is 2.28. The first kappa shape index (κ1) is 19.5. The first-order chi connectivity index (χ1) is 15.2. The minimum atomic E-state index is -0.199. The van der Waals surface area contributed by atoms with Crippen LogP contribution in [0.3, 0.4) is 0 Å². The van der Waals surface area contributed by atoms with Gasteiger partial charge in [-0.15, -0.1) is 5.10 Å². The fourth-order valence-corrected chi connectivity index (χ4v) is 3.95. The van der Waals surface area contributed by atoms with Gasteiger partial charge in [0.25, 0.3) is 5.91 Å². The Hall–Kier alpha value is -3.43. The molecule has 1 fully saturated rings. The largest absolute Gasteiger partial charge is 0.315 e. The number of fused-ring (bicyclic) bond motifs is 1. The van der Waals surface area contributed by atoms with Crippen LogP contribution in [-0.4, -0.2) is 55.0 Å². The van der Waals surface area contributed by atoms with Gasteiger partial charge in [0.05, 0.1) is 16.6 Å². The molecule has 1 atom stereocenters. The van der Waals surface area contributed by atoms with Crippen molar-refractivity contribution in [3.63, 3.8) is 0 Å². The van der Waals surface area contributed by atoms with E-state index in [1.165, 1.54) is 6.20 Å². The molecule has 0 saturated carbocycles. The summed E-state index contributed by atoms with van der Waals surface area (Å²) in [5.41, 5.74) is 1.71. The Morgan fingerprint density at radius 3 is 2.77 bits per heavy atom. The van der Waals surface area contributed by atoms with Gasteiger partial charge in [-0.2, -0.15) is 4.68 Å². The summed E-state index contributed by atoms with van der Waals surface area (Å²) in [7, 11) is 0. The second-order valence-electron chi connectivity index (χ2n) is 7.24. The summed E-state index contributed by atoms with van der Waals surface area (Å²) in [5.74, 6) is 0.785. The number of nitrogens with one attached hydrogen (secondary N) is 1. The molecule has 31 heavy (non-hydrogen) atoms. The molecule has 4 aromatic heterocycles. The molecule has 0 bridgehead atoms. The normalized spacial score (nSPS) is 16.4. The Labute approximate surface area is 183 Å². The smallest absolute Gasteiger partial charge is 0.261 e. The maximum atomic E-state index is 13.5. The highest BCUT2D eigenvalue weighted by Gasteiger charge is 2.30. The minimum absolute atomic E-state index is 0.0446. The standard InChI is InChI=1S/C21H19ClN8O/c22-16-5-2-10-24-19(16)29(15-4-1-9-23-13-15)21(31)14-7-8-18(26-12-14)30-20-17(27-28-30)6-3-11-25-20/h2-3,5-8,10-12,15,23H,1,4,9,13H2/t15-/m1/s1. The molecule has 1 N–H and O–H groups in total. The van der Waals surface area contributed by atoms with Crippen LogP contribution in [0.5, 0.6) is 0 Å². The maximum absolute atomic E-state index is 13.5. The van der Waals surface area contributed by atoms with Crippen molar-refractivity contribution >= 4 is 34.5 Å². The molecule has 0 spiro atoms. The van der Waals surface area contributed by atoms with Crippen molar-refractivity contribution in [3.05, 3.63) is 65.6 Å². The van der Waals surface area contributed by atoms with E-state index in [4.69, 9.17) is 11.6 Å². The van der Waals surface area contributed by atoms with Gasteiger partial charge < -0.3 is 5.32 Å². The molecule has 0 unspecified atom stereocenters. The van der Waals surface area contributed by atoms with Crippen LogP contribution < -0.4 is 10.2 Å². The minimum Gasteiger partial charge on any atom is -0.315 e. The van der Waals surface area contributed by atoms with Crippen molar-refractivity contribution < 1.29 is 4.79 Å². The predicted molar refractivity (Wildman–Crippen MR) is 116 cm³/mol. The third kappa shape index (κ3) is 3.73. The molecule has 0 radical (unpaired) electrons. The van der Waals surface area contributed by atoms with Gasteiger partial charge in [-0.25, -0.2) is 15.0 Å². The highest BCUT2D eigenvalue weighted by atomic mass is 35.5. The number of carbonyl (C=O) groups is 1. The monoisotopic (exact) mass is 434 g/mol. The van der Waals surface area contributed by atoms with Gasteiger partial charge in [0.15, 0.2) is 17.3 Å². The lowest BCUT2D eigenvalue weighted by molar-refractivity contribution is 0.0971. The number of rotatable bonds is 4. The summed E-state index contributed by atoms with van der Waals surface area (Å²) < 4.78 is 1.54. The average molecular weight is 435 g/mol. The lowest BCUT2D eigenvalue weighted by atomic mass is 10.0. The van der Waals surface area contributed by atoms with E-state index in [1.54, 1.807) is 52.3 Å². The van der Waals surface area contributed by atoms with Gasteiger partial charge in [-0.05, 0) is 55.8 Å². The first-order valence-electron chi connectivity index (χ1n) is 10.00. The number of hydrogen-bond donors (Lipinski definition) is 1. The van der Waals surface area contributed by atoms with Gasteiger partial charge in [0.2, 0.25) is 0 Å². The summed E-state index contributed by atoms with van der Waals surface area (Å²) in [4.78, 5) is 28.3. The number of piperidine rings is 1. The van der Waals surface area contributed by atoms with E-state index in [1.807, 2.05) is 6.07 Å². The number of hydrogen-bond acceptors (Lipinski definition) is 7. The molecular formula is C21H19ClN8O. The second-order valence-corrected chi connectivity index (χ2v) is 7.64. The third-order valence-electron chi connectivity index (χ3n) is 5.24. The Bertz CT molecular complexity index is 1220. The van der Waals surface area contributed by atoms with Crippen LogP contribution in [0.2, 0.25) is 5.02 Å². The molecule has 9 nitrogen and oxygen atoms in total. The van der Waals surface area contributed by atoms with E-state index in [2.05, 4.69) is 30.6 Å². The lowest BCUT2D eigenvalue weighted by Crippen LogP contribution is -2.49. The molecule has 0 aromatic carbocycles. The van der Waals surface area contributed by atoms with Gasteiger partial charge >= 0.3 is 0 Å². The molecule has 1 saturated heterocycles. The Kier molecular flexibility index (Phi) is 5.27. The molecule has 10 heteroatoms. The topological polar surface area (TPSA) is 102 Å². The second kappa shape index (κ2) is 8.37. The van der Waals surface area contributed by atoms with E-state index >= 15 is 0 Å². The van der Waals surface area contributed by atoms with E-state index in [0.717, 1.165) is 19.4 Å². The first-order valence-corrected chi connectivity index (χ1v) is 10.4. The van der Waals surface area contributed by atoms with E-state index in [0.29, 0.717) is 39.9 Å². The summed E-state index contributed by atoms with van der Waals surface area (Å²) in [6.07, 6.45) is 6.69. The van der Waals surface area contributed by atoms with E-state index in [-0.39, 0.29) is 11.9 Å². The molecule has 5 rings (SSSR count). The van der Waals surface area contributed by atoms with E-state index < -0.39 is 0 Å². The molecule has 1 aliphatic rings. The molecule has 1 aliphatic heterocycles. The number of halogens is 1. The SMILES string of the molecule is O=C(c1ccc(-n2nnc3cccnc32)nc1)N(c1ncccc1Cl)[C@@H]1CCCNC1. The van der Waals surface area contributed by atoms with Crippen molar-refractivity contribution in [1.29, 1.82) is 0 Å². The molecule has 4 aromatic rings. The van der Waals surface area contributed by atoms with Crippen LogP contribution >= 0.6 is 11.6 Å². The van der Waals surface area contributed by atoms with Gasteiger partial charge in [0, 0.05) is 25.1 Å². The fourth-order valence-electron chi connectivity index (χ4n) is 3.74. The summed E-state index contributed by atoms with van der Waals surface area (Å²) in [5, 5.41) is 12.0. The van der Waals surface area contributed by atoms with Crippen molar-refractivity contribution in [3.8, 4) is 5.82 Å². The molecule has 0 aliphatic carbocycles. The Morgan fingerprint density at radius 1 is 1.13 bits per heavy atom. The summed E-state index contributed by atoms with van der Waals surface area (Å²) >= 11 is 6.40. The molecule has 156 valence electrons. The predicted octanol–water partition coefficient (Wildman–Crippen LogP) is 2.66. The number of pyridine rings is 3. The van der Waals surface area contributed by atoms with E-state index in [9.17, 15) is 4.79 Å². The zero-order chi connectivity index (χ0) is 21.2. The van der Waals surface area contributed by atoms with Crippen LogP contribution in [-0.2, 0) is 0 Å². The zero-order valence-corrected chi connectivity index (χ0v) is 17.3. The number of nitrogens with zero attached hydrogens (tertiary/aromatic N) is 7. The molecule has 5 heterocycles. The summed E-state index contributed by atoms with van der Waals surface area (Å²) in [6.45, 7) is 1.62. The number of anilines is 1. The molecular weight excluding hydrogens is 416 g/mol. The fraction of sp³-hybridized carbons (Fsp3) is 0.238. The van der Waals surface area contributed by atoms with Crippen molar-refractivity contribution in [2.24, 2.45) is 0 Å². The highest BCUT2D eigenvalue weighted by molar-refractivity contribution is 6.33. The number of aromatic nitrogens is 6. The number of amides is 1. The molecule has 1 amide bonds. The van der Waals surface area contributed by atoms with Crippen LogP contribution in [0.25, 0.3) is 17.0 Å². The summed E-state index contributed by atoms with van der Waals surface area (Å²) in [6, 6.07) is 10.5. The van der Waals surface area contributed by atoms with Gasteiger partial charge in [0.1, 0.15) is 5.52 Å². The van der Waals surface area contributed by atoms with Crippen LogP contribution in [0.4, 0.5) is 5.82 Å². The quantitative estimate of drug-likeness (QED) is 0.526. The maximum Gasteiger partial charge on any atom is 0.261 e. The van der Waals surface area contributed by atoms with Crippen LogP contribution in [0.1, 0.15) is 23.2 Å². The average Bonchev–Trinajstić information content (AvgIpc) is 3.25. The Balaban J connectivity index is 1.48. The number of carbonyl (C=O) groups excluding carboxylic acids is 1. The van der Waals surface area contributed by atoms with Crippen LogP contribution in [0, 0.1) is 0 Å². The van der Waals surface area contributed by atoms with Gasteiger partial charge in [-0.1, -0.05) is 16.8 Å². The van der Waals surface area contributed by atoms with Gasteiger partial charge in [-0.3, -0.25) is 9.69 Å². The van der Waals surface area contributed by atoms with Crippen molar-refractivity contribution in [1.82, 2.24) is 35.3 Å². The lowest BCUT2D eigenvalue weighted by Gasteiger charge is -2.34. The zero-order valence-electron chi connectivity index (χ0n) is 16.5. The third-order valence-corrected chi connectivity index (χ3v) is 5.54. The van der Waals surface area contributed by atoms with Crippen molar-refractivity contribution in [2.75, 3.05) is 18.0 Å². The van der Waals surface area contributed by atoms with Crippen LogP contribution in [0.15, 0.2) is 55.0 Å². The Morgan fingerprint density at radius 2 is 2.00 bits per heavy atom. The van der Waals surface area contributed by atoms with Crippen molar-refractivity contribution in [2.45, 2.75) is 18.9 Å².